The molecule has 2 N–H and O–H groups in total. The van der Waals surface area contributed by atoms with Crippen molar-refractivity contribution in [3.8, 4) is 0 Å². The van der Waals surface area contributed by atoms with Crippen molar-refractivity contribution in [2.75, 3.05) is 39.7 Å². The van der Waals surface area contributed by atoms with Crippen LogP contribution in [0.2, 0.25) is 0 Å². The molecule has 0 amide bonds. The fourth-order valence-electron chi connectivity index (χ4n) is 1.55. The van der Waals surface area contributed by atoms with E-state index in [1.807, 2.05) is 19.3 Å². The van der Waals surface area contributed by atoms with Gasteiger partial charge in [0.15, 0.2) is 0 Å². The number of rotatable bonds is 8. The first-order valence-electron chi connectivity index (χ1n) is 5.65. The van der Waals surface area contributed by atoms with Crippen LogP contribution in [-0.4, -0.2) is 45.5 Å². The number of aromatic nitrogens is 1. The standard InChI is InChI=1S/C12H21N3O2/c1-13-6-10-4-5-14-8-12(10)15-7-11(17-3)9-16-2/h4-5,8,11,13,15H,6-7,9H2,1-3H3. The molecule has 0 radical (unpaired) electrons. The van der Waals surface area contributed by atoms with Crippen molar-refractivity contribution >= 4 is 5.69 Å². The molecule has 0 fully saturated rings. The van der Waals surface area contributed by atoms with Crippen LogP contribution in [0.1, 0.15) is 5.56 Å². The second-order valence-electron chi connectivity index (χ2n) is 3.76. The topological polar surface area (TPSA) is 55.4 Å². The predicted molar refractivity (Wildman–Crippen MR) is 68.2 cm³/mol. The number of hydrogen-bond acceptors (Lipinski definition) is 5. The van der Waals surface area contributed by atoms with E-state index in [-0.39, 0.29) is 6.10 Å². The van der Waals surface area contributed by atoms with Gasteiger partial charge in [-0.15, -0.1) is 0 Å². The highest BCUT2D eigenvalue weighted by Crippen LogP contribution is 2.13. The van der Waals surface area contributed by atoms with Crippen LogP contribution in [-0.2, 0) is 16.0 Å². The van der Waals surface area contributed by atoms with Crippen LogP contribution in [0.4, 0.5) is 5.69 Å². The maximum atomic E-state index is 5.29. The second-order valence-corrected chi connectivity index (χ2v) is 3.76. The number of nitrogens with one attached hydrogen (secondary N) is 2. The molecular weight excluding hydrogens is 218 g/mol. The highest BCUT2D eigenvalue weighted by atomic mass is 16.5. The van der Waals surface area contributed by atoms with Crippen molar-refractivity contribution in [2.24, 2.45) is 0 Å². The van der Waals surface area contributed by atoms with Gasteiger partial charge in [-0.05, 0) is 18.7 Å². The monoisotopic (exact) mass is 239 g/mol. The summed E-state index contributed by atoms with van der Waals surface area (Å²) in [6, 6.07) is 2.00. The Kier molecular flexibility index (Phi) is 6.54. The van der Waals surface area contributed by atoms with Gasteiger partial charge in [0.1, 0.15) is 0 Å². The van der Waals surface area contributed by atoms with Crippen LogP contribution >= 0.6 is 0 Å². The molecule has 5 heteroatoms. The predicted octanol–water partition coefficient (Wildman–Crippen LogP) is 0.874. The van der Waals surface area contributed by atoms with E-state index in [4.69, 9.17) is 9.47 Å². The zero-order valence-electron chi connectivity index (χ0n) is 10.7. The molecule has 0 aliphatic rings. The summed E-state index contributed by atoms with van der Waals surface area (Å²) in [5, 5.41) is 6.45. The third-order valence-corrected chi connectivity index (χ3v) is 2.48. The first-order valence-corrected chi connectivity index (χ1v) is 5.65. The maximum Gasteiger partial charge on any atom is 0.0976 e. The van der Waals surface area contributed by atoms with Crippen molar-refractivity contribution in [3.05, 3.63) is 24.0 Å². The highest BCUT2D eigenvalue weighted by molar-refractivity contribution is 5.48. The van der Waals surface area contributed by atoms with Gasteiger partial charge in [0.25, 0.3) is 0 Å². The smallest absolute Gasteiger partial charge is 0.0976 e. The lowest BCUT2D eigenvalue weighted by molar-refractivity contribution is 0.0365. The fourth-order valence-corrected chi connectivity index (χ4v) is 1.55. The van der Waals surface area contributed by atoms with Crippen molar-refractivity contribution < 1.29 is 9.47 Å². The molecule has 17 heavy (non-hydrogen) atoms. The van der Waals surface area contributed by atoms with E-state index in [2.05, 4.69) is 15.6 Å². The van der Waals surface area contributed by atoms with E-state index in [0.717, 1.165) is 12.2 Å². The van der Waals surface area contributed by atoms with Crippen LogP contribution in [0.15, 0.2) is 18.5 Å². The highest BCUT2D eigenvalue weighted by Gasteiger charge is 2.08. The molecule has 1 rings (SSSR count). The van der Waals surface area contributed by atoms with E-state index >= 15 is 0 Å². The number of ether oxygens (including phenoxy) is 2. The summed E-state index contributed by atoms with van der Waals surface area (Å²) in [6.45, 7) is 2.09. The molecule has 1 aromatic heterocycles. The van der Waals surface area contributed by atoms with E-state index in [1.165, 1.54) is 5.56 Å². The zero-order chi connectivity index (χ0) is 12.5. The molecule has 0 spiro atoms. The molecule has 1 aromatic rings. The Morgan fingerprint density at radius 3 is 2.88 bits per heavy atom. The van der Waals surface area contributed by atoms with Gasteiger partial charge < -0.3 is 20.1 Å². The number of anilines is 1. The lowest BCUT2D eigenvalue weighted by Crippen LogP contribution is -2.27. The second kappa shape index (κ2) is 8.00. The minimum Gasteiger partial charge on any atom is -0.382 e. The summed E-state index contributed by atoms with van der Waals surface area (Å²) >= 11 is 0. The van der Waals surface area contributed by atoms with Gasteiger partial charge in [-0.1, -0.05) is 0 Å². The molecule has 0 aliphatic heterocycles. The van der Waals surface area contributed by atoms with Gasteiger partial charge in [0.05, 0.1) is 24.6 Å². The van der Waals surface area contributed by atoms with Crippen LogP contribution in [0.5, 0.6) is 0 Å². The largest absolute Gasteiger partial charge is 0.382 e. The van der Waals surface area contributed by atoms with Gasteiger partial charge in [0.2, 0.25) is 0 Å². The molecular formula is C12H21N3O2. The van der Waals surface area contributed by atoms with E-state index < -0.39 is 0 Å². The third-order valence-electron chi connectivity index (χ3n) is 2.48. The average Bonchev–Trinajstić information content (AvgIpc) is 2.36. The number of nitrogens with zero attached hydrogens (tertiary/aromatic N) is 1. The Bertz CT molecular complexity index is 320. The summed E-state index contributed by atoms with van der Waals surface area (Å²) in [6.07, 6.45) is 3.66. The minimum atomic E-state index is 0.0441. The van der Waals surface area contributed by atoms with Gasteiger partial charge in [-0.2, -0.15) is 0 Å². The van der Waals surface area contributed by atoms with Crippen LogP contribution in [0.3, 0.4) is 0 Å². The summed E-state index contributed by atoms with van der Waals surface area (Å²) in [5.74, 6) is 0. The lowest BCUT2D eigenvalue weighted by atomic mass is 10.2. The molecule has 0 saturated heterocycles. The number of hydrogen-bond donors (Lipinski definition) is 2. The van der Waals surface area contributed by atoms with E-state index in [0.29, 0.717) is 13.2 Å². The average molecular weight is 239 g/mol. The number of pyridine rings is 1. The van der Waals surface area contributed by atoms with E-state index in [9.17, 15) is 0 Å². The lowest BCUT2D eigenvalue weighted by Gasteiger charge is -2.17. The Hall–Kier alpha value is -1.17. The molecule has 1 heterocycles. The van der Waals surface area contributed by atoms with Crippen LogP contribution < -0.4 is 10.6 Å². The fraction of sp³-hybridized carbons (Fsp3) is 0.583. The molecule has 96 valence electrons. The molecule has 1 atom stereocenters. The Morgan fingerprint density at radius 2 is 2.24 bits per heavy atom. The zero-order valence-corrected chi connectivity index (χ0v) is 10.7. The first-order chi connectivity index (χ1) is 8.31. The van der Waals surface area contributed by atoms with Crippen LogP contribution in [0, 0.1) is 0 Å². The Morgan fingerprint density at radius 1 is 1.41 bits per heavy atom. The van der Waals surface area contributed by atoms with Gasteiger partial charge in [0, 0.05) is 33.5 Å². The molecule has 5 nitrogen and oxygen atoms in total. The van der Waals surface area contributed by atoms with E-state index in [1.54, 1.807) is 20.4 Å². The maximum absolute atomic E-state index is 5.29. The summed E-state index contributed by atoms with van der Waals surface area (Å²) < 4.78 is 10.4. The first kappa shape index (κ1) is 13.9. The van der Waals surface area contributed by atoms with Crippen molar-refractivity contribution in [1.82, 2.24) is 10.3 Å². The van der Waals surface area contributed by atoms with Crippen molar-refractivity contribution in [2.45, 2.75) is 12.6 Å². The van der Waals surface area contributed by atoms with Gasteiger partial charge >= 0.3 is 0 Å². The summed E-state index contributed by atoms with van der Waals surface area (Å²) in [7, 11) is 5.28. The Balaban J connectivity index is 2.55. The summed E-state index contributed by atoms with van der Waals surface area (Å²) in [4.78, 5) is 4.12. The van der Waals surface area contributed by atoms with Gasteiger partial charge in [-0.3, -0.25) is 4.98 Å². The third kappa shape index (κ3) is 4.68. The number of methoxy groups -OCH3 is 2. The molecule has 1 unspecified atom stereocenters. The normalized spacial score (nSPS) is 12.4. The summed E-state index contributed by atoms with van der Waals surface area (Å²) in [5.41, 5.74) is 2.22. The molecule has 0 bridgehead atoms. The van der Waals surface area contributed by atoms with Gasteiger partial charge in [-0.25, -0.2) is 0 Å². The molecule has 0 aliphatic carbocycles. The van der Waals surface area contributed by atoms with Crippen molar-refractivity contribution in [1.29, 1.82) is 0 Å². The SMILES string of the molecule is CNCc1ccncc1NCC(COC)OC. The Labute approximate surface area is 103 Å². The van der Waals surface area contributed by atoms with Crippen molar-refractivity contribution in [3.63, 3.8) is 0 Å². The molecule has 0 aromatic carbocycles. The minimum absolute atomic E-state index is 0.0441. The quantitative estimate of drug-likeness (QED) is 0.705. The molecule has 0 saturated carbocycles. The van der Waals surface area contributed by atoms with Crippen LogP contribution in [0.25, 0.3) is 0 Å².